The third kappa shape index (κ3) is 2.88. The first-order chi connectivity index (χ1) is 7.79. The molecule has 0 aliphatic carbocycles. The molecule has 0 atom stereocenters. The molecule has 0 bridgehead atoms. The third-order valence-electron chi connectivity index (χ3n) is 2.22. The van der Waals surface area contributed by atoms with Crippen LogP contribution in [0.4, 0.5) is 0 Å². The van der Waals surface area contributed by atoms with Gasteiger partial charge in [0.2, 0.25) is 0 Å². The topological polar surface area (TPSA) is 26.0 Å². The van der Waals surface area contributed by atoms with Gasteiger partial charge in [-0.3, -0.25) is 0 Å². The van der Waals surface area contributed by atoms with Crippen molar-refractivity contribution in [3.63, 3.8) is 0 Å². The molecular weight excluding hydrogens is 282 g/mol. The summed E-state index contributed by atoms with van der Waals surface area (Å²) >= 11 is 5.29. The number of benzene rings is 2. The number of hydrogen-bond donors (Lipinski definition) is 1. The molecule has 2 N–H and O–H groups in total. The lowest BCUT2D eigenvalue weighted by molar-refractivity contribution is 1.07. The van der Waals surface area contributed by atoms with E-state index >= 15 is 0 Å². The van der Waals surface area contributed by atoms with E-state index in [1.807, 2.05) is 12.1 Å². The van der Waals surface area contributed by atoms with E-state index in [9.17, 15) is 0 Å². The number of rotatable bonds is 3. The lowest BCUT2D eigenvalue weighted by Gasteiger charge is -2.04. The van der Waals surface area contributed by atoms with Crippen LogP contribution in [0.5, 0.6) is 0 Å². The van der Waals surface area contributed by atoms with Crippen LogP contribution in [0.25, 0.3) is 0 Å². The summed E-state index contributed by atoms with van der Waals surface area (Å²) in [4.78, 5) is 2.45. The molecule has 82 valence electrons. The zero-order chi connectivity index (χ0) is 11.4. The van der Waals surface area contributed by atoms with E-state index in [-0.39, 0.29) is 0 Å². The van der Waals surface area contributed by atoms with E-state index in [1.54, 1.807) is 11.8 Å². The monoisotopic (exact) mass is 293 g/mol. The molecular formula is C13H12BrNS. The predicted molar refractivity (Wildman–Crippen MR) is 72.6 cm³/mol. The van der Waals surface area contributed by atoms with Gasteiger partial charge in [-0.1, -0.05) is 36.0 Å². The molecule has 16 heavy (non-hydrogen) atoms. The first-order valence-corrected chi connectivity index (χ1v) is 6.62. The number of nitrogens with two attached hydrogens (primary N) is 1. The van der Waals surface area contributed by atoms with Crippen LogP contribution >= 0.6 is 27.7 Å². The van der Waals surface area contributed by atoms with Gasteiger partial charge in [0.25, 0.3) is 0 Å². The van der Waals surface area contributed by atoms with Crippen molar-refractivity contribution in [2.24, 2.45) is 5.73 Å². The van der Waals surface area contributed by atoms with Crippen LogP contribution in [0.2, 0.25) is 0 Å². The van der Waals surface area contributed by atoms with Crippen molar-refractivity contribution < 1.29 is 0 Å². The first kappa shape index (κ1) is 11.7. The van der Waals surface area contributed by atoms with Gasteiger partial charge in [0.05, 0.1) is 0 Å². The minimum absolute atomic E-state index is 0.597. The lowest BCUT2D eigenvalue weighted by Crippen LogP contribution is -1.94. The molecule has 0 saturated carbocycles. The van der Waals surface area contributed by atoms with E-state index in [4.69, 9.17) is 5.73 Å². The highest BCUT2D eigenvalue weighted by molar-refractivity contribution is 9.10. The molecule has 0 fully saturated rings. The van der Waals surface area contributed by atoms with Gasteiger partial charge in [-0.2, -0.15) is 0 Å². The van der Waals surface area contributed by atoms with Crippen molar-refractivity contribution in [2.75, 3.05) is 0 Å². The maximum absolute atomic E-state index is 5.56. The molecule has 3 heteroatoms. The van der Waals surface area contributed by atoms with Gasteiger partial charge in [0, 0.05) is 20.8 Å². The Kier molecular flexibility index (Phi) is 4.04. The van der Waals surface area contributed by atoms with Gasteiger partial charge >= 0.3 is 0 Å². The van der Waals surface area contributed by atoms with Crippen LogP contribution in [0.15, 0.2) is 62.8 Å². The van der Waals surface area contributed by atoms with E-state index in [0.29, 0.717) is 6.54 Å². The summed E-state index contributed by atoms with van der Waals surface area (Å²) in [6, 6.07) is 16.6. The zero-order valence-corrected chi connectivity index (χ0v) is 11.1. The summed E-state index contributed by atoms with van der Waals surface area (Å²) in [6.07, 6.45) is 0. The van der Waals surface area contributed by atoms with E-state index in [2.05, 4.69) is 52.3 Å². The summed E-state index contributed by atoms with van der Waals surface area (Å²) in [5.74, 6) is 0. The molecule has 0 spiro atoms. The zero-order valence-electron chi connectivity index (χ0n) is 8.69. The molecule has 0 heterocycles. The van der Waals surface area contributed by atoms with Crippen molar-refractivity contribution in [3.05, 3.63) is 58.6 Å². The molecule has 0 unspecified atom stereocenters. The maximum Gasteiger partial charge on any atom is 0.0314 e. The maximum atomic E-state index is 5.56. The van der Waals surface area contributed by atoms with Crippen molar-refractivity contribution in [1.29, 1.82) is 0 Å². The Morgan fingerprint density at radius 3 is 2.31 bits per heavy atom. The summed E-state index contributed by atoms with van der Waals surface area (Å²) in [5.41, 5.74) is 6.73. The largest absolute Gasteiger partial charge is 0.326 e. The third-order valence-corrected chi connectivity index (χ3v) is 4.26. The molecule has 2 aromatic rings. The fourth-order valence-electron chi connectivity index (χ4n) is 1.35. The molecule has 0 radical (unpaired) electrons. The molecule has 0 amide bonds. The first-order valence-electron chi connectivity index (χ1n) is 5.01. The average molecular weight is 294 g/mol. The predicted octanol–water partition coefficient (Wildman–Crippen LogP) is 4.06. The normalized spacial score (nSPS) is 10.4. The second-order valence-electron chi connectivity index (χ2n) is 3.38. The molecule has 0 aliphatic heterocycles. The molecule has 0 saturated heterocycles. The van der Waals surface area contributed by atoms with Crippen LogP contribution in [0, 0.1) is 0 Å². The van der Waals surface area contributed by atoms with Crippen LogP contribution in [0.1, 0.15) is 5.56 Å². The highest BCUT2D eigenvalue weighted by atomic mass is 79.9. The molecule has 1 nitrogen and oxygen atoms in total. The quantitative estimate of drug-likeness (QED) is 0.924. The van der Waals surface area contributed by atoms with E-state index in [1.165, 1.54) is 9.79 Å². The van der Waals surface area contributed by atoms with Crippen LogP contribution in [-0.2, 0) is 6.54 Å². The van der Waals surface area contributed by atoms with Crippen molar-refractivity contribution in [1.82, 2.24) is 0 Å². The Morgan fingerprint density at radius 2 is 1.69 bits per heavy atom. The van der Waals surface area contributed by atoms with Gasteiger partial charge in [-0.25, -0.2) is 0 Å². The van der Waals surface area contributed by atoms with Crippen molar-refractivity contribution in [2.45, 2.75) is 16.3 Å². The molecule has 2 aromatic carbocycles. The smallest absolute Gasteiger partial charge is 0.0314 e. The Morgan fingerprint density at radius 1 is 1.00 bits per heavy atom. The van der Waals surface area contributed by atoms with Crippen molar-refractivity contribution >= 4 is 27.7 Å². The minimum Gasteiger partial charge on any atom is -0.326 e. The fraction of sp³-hybridized carbons (Fsp3) is 0.0769. The Balaban J connectivity index is 2.18. The summed E-state index contributed by atoms with van der Waals surface area (Å²) in [7, 11) is 0. The van der Waals surface area contributed by atoms with E-state index in [0.717, 1.165) is 10.0 Å². The van der Waals surface area contributed by atoms with Crippen LogP contribution < -0.4 is 5.73 Å². The highest BCUT2D eigenvalue weighted by Gasteiger charge is 2.01. The second kappa shape index (κ2) is 5.53. The summed E-state index contributed by atoms with van der Waals surface area (Å²) < 4.78 is 1.13. The summed E-state index contributed by atoms with van der Waals surface area (Å²) in [5, 5.41) is 0. The Labute approximate surface area is 108 Å². The minimum atomic E-state index is 0.597. The SMILES string of the molecule is NCc1ccc(Sc2ccccc2Br)cc1. The van der Waals surface area contributed by atoms with Crippen LogP contribution in [0.3, 0.4) is 0 Å². The van der Waals surface area contributed by atoms with E-state index < -0.39 is 0 Å². The summed E-state index contributed by atoms with van der Waals surface area (Å²) in [6.45, 7) is 0.597. The number of hydrogen-bond acceptors (Lipinski definition) is 2. The second-order valence-corrected chi connectivity index (χ2v) is 5.35. The van der Waals surface area contributed by atoms with Gasteiger partial charge < -0.3 is 5.73 Å². The van der Waals surface area contributed by atoms with Gasteiger partial charge in [0.15, 0.2) is 0 Å². The van der Waals surface area contributed by atoms with Gasteiger partial charge in [0.1, 0.15) is 0 Å². The fourth-order valence-corrected chi connectivity index (χ4v) is 2.71. The molecule has 0 aliphatic rings. The van der Waals surface area contributed by atoms with Gasteiger partial charge in [-0.05, 0) is 45.8 Å². The molecule has 0 aromatic heterocycles. The highest BCUT2D eigenvalue weighted by Crippen LogP contribution is 2.33. The standard InChI is InChI=1S/C13H12BrNS/c14-12-3-1-2-4-13(12)16-11-7-5-10(9-15)6-8-11/h1-8H,9,15H2. The van der Waals surface area contributed by atoms with Crippen molar-refractivity contribution in [3.8, 4) is 0 Å². The Hall–Kier alpha value is -0.770. The Bertz CT molecular complexity index is 468. The average Bonchev–Trinajstić information content (AvgIpc) is 2.33. The van der Waals surface area contributed by atoms with Crippen LogP contribution in [-0.4, -0.2) is 0 Å². The lowest BCUT2D eigenvalue weighted by atomic mass is 10.2. The van der Waals surface area contributed by atoms with Gasteiger partial charge in [-0.15, -0.1) is 0 Å². The number of halogens is 1. The molecule has 2 rings (SSSR count).